The fraction of sp³-hybridized carbons (Fsp3) is 0.652. The molecular formula is C23H32ClN3O5. The van der Waals surface area contributed by atoms with Gasteiger partial charge in [0.15, 0.2) is 0 Å². The fourth-order valence-electron chi connectivity index (χ4n) is 4.64. The number of amides is 2. The molecule has 0 unspecified atom stereocenters. The van der Waals surface area contributed by atoms with Crippen LogP contribution in [0.1, 0.15) is 12.8 Å². The fourth-order valence-corrected chi connectivity index (χ4v) is 4.83. The second-order valence-corrected chi connectivity index (χ2v) is 9.39. The number of carbonyl (C=O) groups is 2. The molecule has 3 saturated heterocycles. The van der Waals surface area contributed by atoms with Crippen LogP contribution in [0.15, 0.2) is 24.3 Å². The third kappa shape index (κ3) is 5.73. The van der Waals surface area contributed by atoms with Crippen molar-refractivity contribution in [2.45, 2.75) is 18.4 Å². The number of benzene rings is 1. The van der Waals surface area contributed by atoms with Gasteiger partial charge in [-0.2, -0.15) is 0 Å². The summed E-state index contributed by atoms with van der Waals surface area (Å²) in [6.45, 7) is 5.33. The van der Waals surface area contributed by atoms with Crippen LogP contribution in [0.5, 0.6) is 5.75 Å². The van der Waals surface area contributed by atoms with Gasteiger partial charge in [-0.1, -0.05) is 17.7 Å². The highest BCUT2D eigenvalue weighted by molar-refractivity contribution is 6.30. The lowest BCUT2D eigenvalue weighted by Gasteiger charge is -2.43. The molecule has 176 valence electrons. The highest BCUT2D eigenvalue weighted by Gasteiger charge is 2.44. The standard InChI is InChI=1S/C23H32ClN3O5/c1-25-6-5-18(15-25)22(29)27-9-12-32-23(16-27,14-21(28)26-7-10-30-11-8-26)17-31-20-4-2-3-19(24)13-20/h2-4,13,18H,5-12,14-17H2,1H3/t18-,23+/m1/s1. The van der Waals surface area contributed by atoms with Crippen molar-refractivity contribution in [1.29, 1.82) is 0 Å². The predicted molar refractivity (Wildman–Crippen MR) is 120 cm³/mol. The molecule has 0 aliphatic carbocycles. The zero-order valence-electron chi connectivity index (χ0n) is 18.6. The maximum absolute atomic E-state index is 13.2. The number of carbonyl (C=O) groups excluding carboxylic acids is 2. The second kappa shape index (κ2) is 10.4. The first-order valence-corrected chi connectivity index (χ1v) is 11.7. The maximum atomic E-state index is 13.2. The Hall–Kier alpha value is -1.87. The van der Waals surface area contributed by atoms with E-state index in [2.05, 4.69) is 4.90 Å². The molecule has 1 aromatic carbocycles. The Balaban J connectivity index is 1.49. The van der Waals surface area contributed by atoms with Crippen molar-refractivity contribution in [3.8, 4) is 5.75 Å². The minimum absolute atomic E-state index is 0.000377. The molecule has 1 aromatic rings. The molecule has 2 atom stereocenters. The van der Waals surface area contributed by atoms with E-state index in [1.165, 1.54) is 0 Å². The summed E-state index contributed by atoms with van der Waals surface area (Å²) in [6, 6.07) is 7.16. The smallest absolute Gasteiger partial charge is 0.227 e. The van der Waals surface area contributed by atoms with E-state index in [-0.39, 0.29) is 30.8 Å². The monoisotopic (exact) mass is 465 g/mol. The number of halogens is 1. The first kappa shape index (κ1) is 23.3. The van der Waals surface area contributed by atoms with Gasteiger partial charge in [0.2, 0.25) is 11.8 Å². The van der Waals surface area contributed by atoms with Gasteiger partial charge in [0.1, 0.15) is 18.0 Å². The number of ether oxygens (including phenoxy) is 3. The molecule has 2 amide bonds. The van der Waals surface area contributed by atoms with Crippen LogP contribution in [0.3, 0.4) is 0 Å². The SMILES string of the molecule is CN1CC[C@@H](C(=O)N2CCO[C@@](COc3cccc(Cl)c3)(CC(=O)N3CCOCC3)C2)C1. The molecule has 0 aromatic heterocycles. The average molecular weight is 466 g/mol. The minimum atomic E-state index is -0.907. The average Bonchev–Trinajstić information content (AvgIpc) is 3.24. The van der Waals surface area contributed by atoms with Crippen LogP contribution in [-0.2, 0) is 19.1 Å². The van der Waals surface area contributed by atoms with Gasteiger partial charge in [-0.05, 0) is 38.2 Å². The number of hydrogen-bond acceptors (Lipinski definition) is 6. The molecular weight excluding hydrogens is 434 g/mol. The summed E-state index contributed by atoms with van der Waals surface area (Å²) in [6.07, 6.45) is 1.02. The molecule has 0 radical (unpaired) electrons. The van der Waals surface area contributed by atoms with E-state index in [4.69, 9.17) is 25.8 Å². The highest BCUT2D eigenvalue weighted by atomic mass is 35.5. The predicted octanol–water partition coefficient (Wildman–Crippen LogP) is 1.52. The lowest BCUT2D eigenvalue weighted by atomic mass is 9.95. The highest BCUT2D eigenvalue weighted by Crippen LogP contribution is 2.28. The van der Waals surface area contributed by atoms with Gasteiger partial charge < -0.3 is 28.9 Å². The van der Waals surface area contributed by atoms with Crippen molar-refractivity contribution in [3.63, 3.8) is 0 Å². The molecule has 4 rings (SSSR count). The van der Waals surface area contributed by atoms with Crippen molar-refractivity contribution < 1.29 is 23.8 Å². The quantitative estimate of drug-likeness (QED) is 0.634. The Kier molecular flexibility index (Phi) is 7.55. The Bertz CT molecular complexity index is 819. The Labute approximate surface area is 194 Å². The molecule has 3 aliphatic heterocycles. The topological polar surface area (TPSA) is 71.6 Å². The van der Waals surface area contributed by atoms with Crippen LogP contribution in [0.4, 0.5) is 0 Å². The minimum Gasteiger partial charge on any atom is -0.490 e. The van der Waals surface area contributed by atoms with Crippen LogP contribution in [0.2, 0.25) is 5.02 Å². The molecule has 0 saturated carbocycles. The molecule has 3 aliphatic rings. The van der Waals surface area contributed by atoms with Crippen molar-refractivity contribution in [2.24, 2.45) is 5.92 Å². The largest absolute Gasteiger partial charge is 0.490 e. The lowest BCUT2D eigenvalue weighted by Crippen LogP contribution is -2.59. The number of morpholine rings is 2. The molecule has 32 heavy (non-hydrogen) atoms. The van der Waals surface area contributed by atoms with Gasteiger partial charge in [0.25, 0.3) is 0 Å². The molecule has 0 spiro atoms. The molecule has 9 heteroatoms. The Morgan fingerprint density at radius 3 is 2.66 bits per heavy atom. The maximum Gasteiger partial charge on any atom is 0.227 e. The summed E-state index contributed by atoms with van der Waals surface area (Å²) in [4.78, 5) is 32.2. The van der Waals surface area contributed by atoms with Gasteiger partial charge in [-0.25, -0.2) is 0 Å². The van der Waals surface area contributed by atoms with E-state index in [1.54, 1.807) is 17.0 Å². The number of rotatable bonds is 6. The molecule has 8 nitrogen and oxygen atoms in total. The third-order valence-electron chi connectivity index (χ3n) is 6.44. The lowest BCUT2D eigenvalue weighted by molar-refractivity contribution is -0.169. The van der Waals surface area contributed by atoms with E-state index >= 15 is 0 Å². The summed E-state index contributed by atoms with van der Waals surface area (Å²) < 4.78 is 17.6. The van der Waals surface area contributed by atoms with Crippen LogP contribution < -0.4 is 4.74 Å². The summed E-state index contributed by atoms with van der Waals surface area (Å²) in [5.74, 6) is 0.751. The van der Waals surface area contributed by atoms with Gasteiger partial charge in [0.05, 0.1) is 38.7 Å². The van der Waals surface area contributed by atoms with Crippen molar-refractivity contribution >= 4 is 23.4 Å². The zero-order valence-corrected chi connectivity index (χ0v) is 19.4. The van der Waals surface area contributed by atoms with Crippen LogP contribution in [-0.4, -0.2) is 105 Å². The summed E-state index contributed by atoms with van der Waals surface area (Å²) in [7, 11) is 2.04. The third-order valence-corrected chi connectivity index (χ3v) is 6.67. The molecule has 0 N–H and O–H groups in total. The first-order valence-electron chi connectivity index (χ1n) is 11.3. The van der Waals surface area contributed by atoms with Gasteiger partial charge in [-0.3, -0.25) is 9.59 Å². The Morgan fingerprint density at radius 2 is 1.94 bits per heavy atom. The summed E-state index contributed by atoms with van der Waals surface area (Å²) in [5, 5.41) is 0.577. The number of likely N-dealkylation sites (tertiary alicyclic amines) is 1. The van der Waals surface area contributed by atoms with Crippen molar-refractivity contribution in [1.82, 2.24) is 14.7 Å². The number of hydrogen-bond donors (Lipinski definition) is 0. The van der Waals surface area contributed by atoms with Gasteiger partial charge >= 0.3 is 0 Å². The van der Waals surface area contributed by atoms with E-state index in [0.29, 0.717) is 56.8 Å². The van der Waals surface area contributed by atoms with Gasteiger partial charge in [-0.15, -0.1) is 0 Å². The zero-order chi connectivity index (χ0) is 22.6. The van der Waals surface area contributed by atoms with Crippen LogP contribution >= 0.6 is 11.6 Å². The number of nitrogens with zero attached hydrogens (tertiary/aromatic N) is 3. The summed E-state index contributed by atoms with van der Waals surface area (Å²) in [5.41, 5.74) is -0.907. The van der Waals surface area contributed by atoms with Crippen LogP contribution in [0, 0.1) is 5.92 Å². The van der Waals surface area contributed by atoms with Crippen molar-refractivity contribution in [3.05, 3.63) is 29.3 Å². The Morgan fingerprint density at radius 1 is 1.16 bits per heavy atom. The van der Waals surface area contributed by atoms with E-state index < -0.39 is 5.60 Å². The second-order valence-electron chi connectivity index (χ2n) is 8.96. The first-order chi connectivity index (χ1) is 15.4. The van der Waals surface area contributed by atoms with E-state index in [9.17, 15) is 9.59 Å². The molecule has 3 fully saturated rings. The molecule has 3 heterocycles. The van der Waals surface area contributed by atoms with E-state index in [1.807, 2.05) is 24.1 Å². The van der Waals surface area contributed by atoms with Crippen LogP contribution in [0.25, 0.3) is 0 Å². The normalized spacial score (nSPS) is 26.9. The summed E-state index contributed by atoms with van der Waals surface area (Å²) >= 11 is 6.10. The van der Waals surface area contributed by atoms with E-state index in [0.717, 1.165) is 19.5 Å². The van der Waals surface area contributed by atoms with Crippen molar-refractivity contribution in [2.75, 3.05) is 72.7 Å². The van der Waals surface area contributed by atoms with Gasteiger partial charge in [0, 0.05) is 31.2 Å². The molecule has 0 bridgehead atoms.